The fraction of sp³-hybridized carbons (Fsp3) is 0.538. The standard InChI is InChI=1S/C13H20O3S/c1-8-7-11(13(4,5)6)9(2)10(3)12(8)17(14,15)16/h7H,1-6H3,(H,14,15,16)/p-1. The normalized spacial score (nSPS) is 12.9. The highest BCUT2D eigenvalue weighted by molar-refractivity contribution is 7.85. The van der Waals surface area contributed by atoms with Crippen LogP contribution in [0.15, 0.2) is 11.0 Å². The summed E-state index contributed by atoms with van der Waals surface area (Å²) in [6.07, 6.45) is 0. The summed E-state index contributed by atoms with van der Waals surface area (Å²) >= 11 is 0. The van der Waals surface area contributed by atoms with Crippen LogP contribution >= 0.6 is 0 Å². The van der Waals surface area contributed by atoms with Gasteiger partial charge in [0.05, 0.1) is 4.90 Å². The van der Waals surface area contributed by atoms with Crippen molar-refractivity contribution in [1.29, 1.82) is 0 Å². The zero-order valence-corrected chi connectivity index (χ0v) is 12.0. The van der Waals surface area contributed by atoms with Crippen molar-refractivity contribution in [3.63, 3.8) is 0 Å². The molecule has 0 amide bonds. The Kier molecular flexibility index (Phi) is 3.43. The van der Waals surface area contributed by atoms with Crippen LogP contribution in [0.25, 0.3) is 0 Å². The predicted molar refractivity (Wildman–Crippen MR) is 67.3 cm³/mol. The first kappa shape index (κ1) is 14.2. The maximum Gasteiger partial charge on any atom is 0.124 e. The summed E-state index contributed by atoms with van der Waals surface area (Å²) in [5.41, 5.74) is 3.01. The minimum atomic E-state index is -4.40. The van der Waals surface area contributed by atoms with Crippen LogP contribution in [0.3, 0.4) is 0 Å². The van der Waals surface area contributed by atoms with Crippen molar-refractivity contribution in [3.8, 4) is 0 Å². The lowest BCUT2D eigenvalue weighted by atomic mass is 9.82. The van der Waals surface area contributed by atoms with Gasteiger partial charge in [-0.3, -0.25) is 0 Å². The first-order valence-electron chi connectivity index (χ1n) is 5.53. The highest BCUT2D eigenvalue weighted by Crippen LogP contribution is 2.32. The van der Waals surface area contributed by atoms with Gasteiger partial charge in [0, 0.05) is 0 Å². The Bertz CT molecular complexity index is 549. The topological polar surface area (TPSA) is 57.2 Å². The maximum absolute atomic E-state index is 11.2. The molecule has 96 valence electrons. The van der Waals surface area contributed by atoms with Crippen LogP contribution in [-0.2, 0) is 15.5 Å². The summed E-state index contributed by atoms with van der Waals surface area (Å²) in [5, 5.41) is 0. The molecule has 0 unspecified atom stereocenters. The molecule has 0 bridgehead atoms. The van der Waals surface area contributed by atoms with Crippen molar-refractivity contribution in [2.24, 2.45) is 0 Å². The summed E-state index contributed by atoms with van der Waals surface area (Å²) in [6.45, 7) is 11.4. The van der Waals surface area contributed by atoms with E-state index in [2.05, 4.69) is 20.8 Å². The average Bonchev–Trinajstić information content (AvgIpc) is 2.07. The summed E-state index contributed by atoms with van der Waals surface area (Å²) in [5.74, 6) is 0. The lowest BCUT2D eigenvalue weighted by Gasteiger charge is -2.26. The first-order chi connectivity index (χ1) is 7.46. The maximum atomic E-state index is 11.2. The average molecular weight is 255 g/mol. The van der Waals surface area contributed by atoms with E-state index in [1.165, 1.54) is 0 Å². The van der Waals surface area contributed by atoms with Crippen LogP contribution in [0.2, 0.25) is 0 Å². The van der Waals surface area contributed by atoms with Gasteiger partial charge in [-0.1, -0.05) is 26.8 Å². The zero-order chi connectivity index (χ0) is 13.6. The number of hydrogen-bond acceptors (Lipinski definition) is 3. The minimum Gasteiger partial charge on any atom is -0.744 e. The van der Waals surface area contributed by atoms with E-state index in [4.69, 9.17) is 0 Å². The van der Waals surface area contributed by atoms with Crippen molar-refractivity contribution in [3.05, 3.63) is 28.3 Å². The molecule has 0 atom stereocenters. The van der Waals surface area contributed by atoms with Crippen LogP contribution < -0.4 is 0 Å². The molecule has 0 spiro atoms. The van der Waals surface area contributed by atoms with E-state index in [0.29, 0.717) is 11.1 Å². The van der Waals surface area contributed by atoms with Crippen molar-refractivity contribution in [2.45, 2.75) is 51.9 Å². The SMILES string of the molecule is Cc1cc(C(C)(C)C)c(C)c(C)c1S(=O)(=O)[O-]. The van der Waals surface area contributed by atoms with E-state index in [-0.39, 0.29) is 10.3 Å². The van der Waals surface area contributed by atoms with Gasteiger partial charge in [-0.25, -0.2) is 8.42 Å². The van der Waals surface area contributed by atoms with Crippen LogP contribution in [0.5, 0.6) is 0 Å². The van der Waals surface area contributed by atoms with Gasteiger partial charge < -0.3 is 4.55 Å². The van der Waals surface area contributed by atoms with Gasteiger partial charge >= 0.3 is 0 Å². The Morgan fingerprint density at radius 2 is 1.53 bits per heavy atom. The highest BCUT2D eigenvalue weighted by atomic mass is 32.2. The van der Waals surface area contributed by atoms with Gasteiger partial charge in [0.2, 0.25) is 0 Å². The van der Waals surface area contributed by atoms with Gasteiger partial charge in [-0.15, -0.1) is 0 Å². The van der Waals surface area contributed by atoms with Crippen LogP contribution in [0.1, 0.15) is 43.0 Å². The zero-order valence-electron chi connectivity index (χ0n) is 11.2. The molecule has 4 heteroatoms. The number of aryl methyl sites for hydroxylation is 1. The Morgan fingerprint density at radius 3 is 1.88 bits per heavy atom. The quantitative estimate of drug-likeness (QED) is 0.725. The van der Waals surface area contributed by atoms with Gasteiger partial charge in [0.15, 0.2) is 0 Å². The van der Waals surface area contributed by atoms with Gasteiger partial charge in [-0.2, -0.15) is 0 Å². The van der Waals surface area contributed by atoms with Crippen molar-refractivity contribution < 1.29 is 13.0 Å². The molecular formula is C13H19O3S-. The summed E-state index contributed by atoms with van der Waals surface area (Å²) < 4.78 is 33.7. The third-order valence-corrected chi connectivity index (χ3v) is 4.21. The van der Waals surface area contributed by atoms with E-state index in [9.17, 15) is 13.0 Å². The van der Waals surface area contributed by atoms with E-state index < -0.39 is 10.1 Å². The lowest BCUT2D eigenvalue weighted by molar-refractivity contribution is 0.461. The molecule has 0 heterocycles. The molecule has 0 saturated carbocycles. The lowest BCUT2D eigenvalue weighted by Crippen LogP contribution is -2.16. The smallest absolute Gasteiger partial charge is 0.124 e. The Balaban J connectivity index is 3.72. The molecule has 0 saturated heterocycles. The number of benzene rings is 1. The Labute approximate surface area is 104 Å². The van der Waals surface area contributed by atoms with Crippen molar-refractivity contribution in [1.82, 2.24) is 0 Å². The van der Waals surface area contributed by atoms with Gasteiger partial charge in [0.25, 0.3) is 0 Å². The third kappa shape index (κ3) is 2.69. The monoisotopic (exact) mass is 255 g/mol. The molecular weight excluding hydrogens is 236 g/mol. The largest absolute Gasteiger partial charge is 0.744 e. The van der Waals surface area contributed by atoms with E-state index in [1.54, 1.807) is 13.8 Å². The second-order valence-corrected chi connectivity index (χ2v) is 6.84. The molecule has 17 heavy (non-hydrogen) atoms. The molecule has 1 aromatic carbocycles. The van der Waals surface area contributed by atoms with Crippen molar-refractivity contribution >= 4 is 10.1 Å². The fourth-order valence-corrected chi connectivity index (χ4v) is 3.20. The van der Waals surface area contributed by atoms with E-state index in [0.717, 1.165) is 11.1 Å². The van der Waals surface area contributed by atoms with E-state index in [1.807, 2.05) is 13.0 Å². The second-order valence-electron chi connectivity index (χ2n) is 5.52. The van der Waals surface area contributed by atoms with Crippen LogP contribution in [0, 0.1) is 20.8 Å². The predicted octanol–water partition coefficient (Wildman–Crippen LogP) is 2.81. The molecule has 3 nitrogen and oxygen atoms in total. The highest BCUT2D eigenvalue weighted by Gasteiger charge is 2.21. The Morgan fingerprint density at radius 1 is 1.06 bits per heavy atom. The minimum absolute atomic E-state index is 0.0647. The summed E-state index contributed by atoms with van der Waals surface area (Å²) in [6, 6.07) is 1.81. The summed E-state index contributed by atoms with van der Waals surface area (Å²) in [4.78, 5) is -0.0667. The Hall–Kier alpha value is -0.870. The molecule has 0 aromatic heterocycles. The van der Waals surface area contributed by atoms with E-state index >= 15 is 0 Å². The molecule has 0 aliphatic heterocycles. The van der Waals surface area contributed by atoms with Crippen molar-refractivity contribution in [2.75, 3.05) is 0 Å². The summed E-state index contributed by atoms with van der Waals surface area (Å²) in [7, 11) is -4.40. The molecule has 0 aliphatic rings. The molecule has 0 N–H and O–H groups in total. The molecule has 0 aliphatic carbocycles. The molecule has 0 radical (unpaired) electrons. The van der Waals surface area contributed by atoms with Crippen LogP contribution in [0.4, 0.5) is 0 Å². The number of hydrogen-bond donors (Lipinski definition) is 0. The molecule has 1 rings (SSSR count). The number of rotatable bonds is 1. The van der Waals surface area contributed by atoms with Crippen LogP contribution in [-0.4, -0.2) is 13.0 Å². The van der Waals surface area contributed by atoms with Gasteiger partial charge in [0.1, 0.15) is 10.1 Å². The molecule has 0 fully saturated rings. The second kappa shape index (κ2) is 4.10. The first-order valence-corrected chi connectivity index (χ1v) is 6.94. The fourth-order valence-electron chi connectivity index (χ4n) is 2.22. The van der Waals surface area contributed by atoms with Gasteiger partial charge in [-0.05, 0) is 48.4 Å². The third-order valence-electron chi connectivity index (χ3n) is 3.08. The molecule has 1 aromatic rings.